The Balaban J connectivity index is 2.23. The van der Waals surface area contributed by atoms with Crippen molar-refractivity contribution in [3.8, 4) is 0 Å². The maximum atomic E-state index is 10.6. The molecule has 2 unspecified atom stereocenters. The van der Waals surface area contributed by atoms with Gasteiger partial charge >= 0.3 is 6.92 Å². The Morgan fingerprint density at radius 2 is 1.53 bits per heavy atom. The van der Waals surface area contributed by atoms with Crippen LogP contribution in [0, 0.1) is 11.3 Å². The van der Waals surface area contributed by atoms with Crippen LogP contribution in [-0.2, 0) is 0 Å². The smallest absolute Gasteiger partial charge is 0.301 e. The molecule has 0 aromatic heterocycles. The van der Waals surface area contributed by atoms with Gasteiger partial charge in [0.15, 0.2) is 0 Å². The minimum Gasteiger partial charge on any atom is -0.449 e. The van der Waals surface area contributed by atoms with Crippen molar-refractivity contribution in [3.63, 3.8) is 0 Å². The molecule has 1 aliphatic carbocycles. The van der Waals surface area contributed by atoms with Crippen molar-refractivity contribution in [2.24, 2.45) is 11.3 Å². The molecule has 1 aliphatic heterocycles. The molecular weight excluding hydrogens is 211 g/mol. The lowest BCUT2D eigenvalue weighted by atomic mass is 9.40. The second-order valence-electron chi connectivity index (χ2n) is 7.31. The molecule has 2 fully saturated rings. The van der Waals surface area contributed by atoms with E-state index < -0.39 is 0 Å². The predicted octanol–water partition coefficient (Wildman–Crippen LogP) is 3.10. The zero-order valence-electron chi connectivity index (χ0n) is 11.7. The normalized spacial score (nSPS) is 37.4. The van der Waals surface area contributed by atoms with Crippen LogP contribution >= 0.6 is 0 Å². The van der Waals surface area contributed by atoms with Gasteiger partial charge in [-0.3, -0.25) is 0 Å². The van der Waals surface area contributed by atoms with Gasteiger partial charge < -0.3 is 10.1 Å². The van der Waals surface area contributed by atoms with Crippen molar-refractivity contribution in [1.82, 2.24) is 0 Å². The summed E-state index contributed by atoms with van der Waals surface area (Å²) in [5.41, 5.74) is -0.200. The molecular formula is C14H27BO2. The molecule has 2 nitrogen and oxygen atoms in total. The maximum absolute atomic E-state index is 10.6. The van der Waals surface area contributed by atoms with Gasteiger partial charge in [-0.25, -0.2) is 0 Å². The lowest BCUT2D eigenvalue weighted by Gasteiger charge is -2.38. The monoisotopic (exact) mass is 238 g/mol. The summed E-state index contributed by atoms with van der Waals surface area (Å²) in [4.78, 5) is 0. The third-order valence-electron chi connectivity index (χ3n) is 6.06. The molecule has 0 amide bonds. The predicted molar refractivity (Wildman–Crippen MR) is 72.1 cm³/mol. The number of aliphatic hydroxyl groups is 1. The van der Waals surface area contributed by atoms with Crippen molar-refractivity contribution in [1.29, 1.82) is 0 Å². The van der Waals surface area contributed by atoms with E-state index in [1.165, 1.54) is 32.1 Å². The summed E-state index contributed by atoms with van der Waals surface area (Å²) in [5, 5.41) is 21.0. The zero-order valence-corrected chi connectivity index (χ0v) is 11.7. The van der Waals surface area contributed by atoms with Crippen LogP contribution in [0.5, 0.6) is 0 Å². The van der Waals surface area contributed by atoms with E-state index >= 15 is 0 Å². The van der Waals surface area contributed by atoms with Gasteiger partial charge in [-0.2, -0.15) is 0 Å². The Labute approximate surface area is 106 Å². The van der Waals surface area contributed by atoms with Crippen molar-refractivity contribution >= 4 is 6.92 Å². The average molecular weight is 238 g/mol. The highest BCUT2D eigenvalue weighted by Gasteiger charge is 2.63. The first kappa shape index (κ1) is 13.4. The van der Waals surface area contributed by atoms with Crippen LogP contribution in [0.4, 0.5) is 0 Å². The second-order valence-corrected chi connectivity index (χ2v) is 7.31. The Morgan fingerprint density at radius 1 is 1.00 bits per heavy atom. The molecule has 2 rings (SSSR count). The Bertz CT molecular complexity index is 262. The topological polar surface area (TPSA) is 40.5 Å². The second kappa shape index (κ2) is 4.27. The fourth-order valence-electron chi connectivity index (χ4n) is 3.93. The quantitative estimate of drug-likeness (QED) is 0.689. The lowest BCUT2D eigenvalue weighted by Crippen LogP contribution is -2.34. The molecule has 3 heteroatoms. The fraction of sp³-hybridized carbons (Fsp3) is 1.00. The van der Waals surface area contributed by atoms with Gasteiger partial charge in [-0.1, -0.05) is 59.8 Å². The standard InChI is InChI=1S/C14H27BO2/c1-13(2)12(16)11(15(17)14(13,3)4)10-8-6-5-7-9-10/h10-12,16-17H,5-9H2,1-4H3. The number of rotatable bonds is 1. The van der Waals surface area contributed by atoms with E-state index in [0.29, 0.717) is 5.92 Å². The van der Waals surface area contributed by atoms with E-state index in [1.807, 2.05) is 0 Å². The molecule has 1 saturated heterocycles. The van der Waals surface area contributed by atoms with E-state index in [2.05, 4.69) is 27.7 Å². The molecule has 1 heterocycles. The Hall–Kier alpha value is -0.0151. The van der Waals surface area contributed by atoms with Crippen LogP contribution in [0.25, 0.3) is 0 Å². The molecule has 2 atom stereocenters. The first-order chi connectivity index (χ1) is 7.80. The van der Waals surface area contributed by atoms with Crippen LogP contribution in [0.1, 0.15) is 59.8 Å². The molecule has 0 radical (unpaired) electrons. The van der Waals surface area contributed by atoms with Crippen molar-refractivity contribution < 1.29 is 10.1 Å². The number of hydrogen-bond acceptors (Lipinski definition) is 2. The molecule has 1 saturated carbocycles. The van der Waals surface area contributed by atoms with Gasteiger partial charge in [0, 0.05) is 0 Å². The van der Waals surface area contributed by atoms with Gasteiger partial charge in [-0.05, 0) is 22.5 Å². The summed E-state index contributed by atoms with van der Waals surface area (Å²) in [6, 6.07) is 0. The molecule has 98 valence electrons. The summed E-state index contributed by atoms with van der Waals surface area (Å²) in [7, 11) is 0. The fourth-order valence-corrected chi connectivity index (χ4v) is 3.93. The van der Waals surface area contributed by atoms with Gasteiger partial charge in [-0.15, -0.1) is 0 Å². The zero-order chi connectivity index (χ0) is 12.8. The van der Waals surface area contributed by atoms with Crippen LogP contribution in [-0.4, -0.2) is 23.2 Å². The van der Waals surface area contributed by atoms with Gasteiger partial charge in [0.25, 0.3) is 0 Å². The van der Waals surface area contributed by atoms with Gasteiger partial charge in [0.1, 0.15) is 0 Å². The summed E-state index contributed by atoms with van der Waals surface area (Å²) < 4.78 is 0. The van der Waals surface area contributed by atoms with E-state index in [0.717, 1.165) is 0 Å². The highest BCUT2D eigenvalue weighted by molar-refractivity contribution is 6.57. The van der Waals surface area contributed by atoms with Crippen LogP contribution < -0.4 is 0 Å². The first-order valence-electron chi connectivity index (χ1n) is 7.16. The molecule has 0 aromatic rings. The lowest BCUT2D eigenvalue weighted by molar-refractivity contribution is 0.0248. The summed E-state index contributed by atoms with van der Waals surface area (Å²) >= 11 is 0. The van der Waals surface area contributed by atoms with Gasteiger partial charge in [0.2, 0.25) is 0 Å². The third kappa shape index (κ3) is 1.86. The van der Waals surface area contributed by atoms with E-state index in [1.54, 1.807) is 0 Å². The molecule has 0 spiro atoms. The molecule has 17 heavy (non-hydrogen) atoms. The minimum absolute atomic E-state index is 0.0836. The molecule has 0 aromatic carbocycles. The molecule has 0 bridgehead atoms. The summed E-state index contributed by atoms with van der Waals surface area (Å²) in [6.45, 7) is 8.04. The highest BCUT2D eigenvalue weighted by atomic mass is 16.3. The maximum Gasteiger partial charge on any atom is 0.301 e. The van der Waals surface area contributed by atoms with E-state index in [-0.39, 0.29) is 29.6 Å². The van der Waals surface area contributed by atoms with Crippen molar-refractivity contribution in [3.05, 3.63) is 0 Å². The van der Waals surface area contributed by atoms with Crippen LogP contribution in [0.2, 0.25) is 11.1 Å². The largest absolute Gasteiger partial charge is 0.449 e. The van der Waals surface area contributed by atoms with Crippen molar-refractivity contribution in [2.45, 2.75) is 77.0 Å². The summed E-state index contributed by atoms with van der Waals surface area (Å²) in [6.07, 6.45) is 5.86. The Morgan fingerprint density at radius 3 is 1.94 bits per heavy atom. The molecule has 2 aliphatic rings. The van der Waals surface area contributed by atoms with E-state index in [4.69, 9.17) is 0 Å². The number of hydrogen-bond donors (Lipinski definition) is 2. The van der Waals surface area contributed by atoms with Gasteiger partial charge in [0.05, 0.1) is 6.10 Å². The SMILES string of the molecule is CC1(C)B(O)C(C2CCCCC2)C(O)C1(C)C. The first-order valence-corrected chi connectivity index (χ1v) is 7.16. The van der Waals surface area contributed by atoms with Crippen LogP contribution in [0.3, 0.4) is 0 Å². The molecule has 2 N–H and O–H groups in total. The average Bonchev–Trinajstić information content (AvgIpc) is 2.40. The number of aliphatic hydroxyl groups excluding tert-OH is 1. The van der Waals surface area contributed by atoms with Crippen molar-refractivity contribution in [2.75, 3.05) is 0 Å². The summed E-state index contributed by atoms with van der Waals surface area (Å²) in [5.74, 6) is 0.607. The highest BCUT2D eigenvalue weighted by Crippen LogP contribution is 2.63. The Kier molecular flexibility index (Phi) is 3.37. The third-order valence-corrected chi connectivity index (χ3v) is 6.06. The van der Waals surface area contributed by atoms with Crippen LogP contribution in [0.15, 0.2) is 0 Å². The van der Waals surface area contributed by atoms with E-state index in [9.17, 15) is 10.1 Å². The minimum atomic E-state index is -0.365.